The van der Waals surface area contributed by atoms with Crippen LogP contribution in [0.1, 0.15) is 19.4 Å². The van der Waals surface area contributed by atoms with Crippen molar-refractivity contribution in [3.63, 3.8) is 0 Å². The SMILES string of the molecule is CC(C)[C@H](NC(=O)[C@@H](N)CS)C(=O)N[C@@H](Cc1c[nH]c2ccccc12)C(=O)O. The summed E-state index contributed by atoms with van der Waals surface area (Å²) in [7, 11) is 0. The van der Waals surface area contributed by atoms with Crippen molar-refractivity contribution in [1.29, 1.82) is 0 Å². The first-order valence-electron chi connectivity index (χ1n) is 8.99. The molecule has 0 fully saturated rings. The maximum absolute atomic E-state index is 12.7. The molecule has 3 atom stereocenters. The first kappa shape index (κ1) is 21.8. The number of fused-ring (bicyclic) bond motifs is 1. The Morgan fingerprint density at radius 2 is 1.86 bits per heavy atom. The van der Waals surface area contributed by atoms with Crippen molar-refractivity contribution in [1.82, 2.24) is 15.6 Å². The average molecular weight is 407 g/mol. The molecule has 0 spiro atoms. The number of aliphatic carboxylic acids is 1. The average Bonchev–Trinajstić information content (AvgIpc) is 3.07. The van der Waals surface area contributed by atoms with Gasteiger partial charge in [-0.1, -0.05) is 32.0 Å². The van der Waals surface area contributed by atoms with Crippen molar-refractivity contribution in [2.24, 2.45) is 11.7 Å². The number of carbonyl (C=O) groups is 3. The van der Waals surface area contributed by atoms with Gasteiger partial charge in [-0.3, -0.25) is 9.59 Å². The number of aromatic amines is 1. The summed E-state index contributed by atoms with van der Waals surface area (Å²) in [5, 5.41) is 15.6. The number of amides is 2. The first-order valence-corrected chi connectivity index (χ1v) is 9.62. The fourth-order valence-corrected chi connectivity index (χ4v) is 3.03. The van der Waals surface area contributed by atoms with Crippen LogP contribution < -0.4 is 16.4 Å². The molecule has 0 bridgehead atoms. The molecule has 9 heteroatoms. The highest BCUT2D eigenvalue weighted by molar-refractivity contribution is 7.80. The Kier molecular flexibility index (Phi) is 7.47. The Labute approximate surface area is 168 Å². The van der Waals surface area contributed by atoms with E-state index in [-0.39, 0.29) is 18.1 Å². The molecule has 0 aliphatic rings. The largest absolute Gasteiger partial charge is 0.480 e. The van der Waals surface area contributed by atoms with Gasteiger partial charge in [-0.2, -0.15) is 12.6 Å². The van der Waals surface area contributed by atoms with E-state index < -0.39 is 35.9 Å². The molecular weight excluding hydrogens is 380 g/mol. The Hall–Kier alpha value is -2.52. The quantitative estimate of drug-likeness (QED) is 0.340. The van der Waals surface area contributed by atoms with E-state index in [1.165, 1.54) is 0 Å². The number of thiol groups is 1. The van der Waals surface area contributed by atoms with Crippen LogP contribution >= 0.6 is 12.6 Å². The Bertz CT molecular complexity index is 851. The second kappa shape index (κ2) is 9.61. The van der Waals surface area contributed by atoms with Gasteiger partial charge in [-0.15, -0.1) is 0 Å². The fourth-order valence-electron chi connectivity index (χ4n) is 2.86. The van der Waals surface area contributed by atoms with Crippen LogP contribution in [0.15, 0.2) is 30.5 Å². The van der Waals surface area contributed by atoms with E-state index >= 15 is 0 Å². The lowest BCUT2D eigenvalue weighted by Crippen LogP contribution is -2.56. The third-order valence-electron chi connectivity index (χ3n) is 4.49. The second-order valence-electron chi connectivity index (χ2n) is 6.98. The van der Waals surface area contributed by atoms with Gasteiger partial charge in [0.25, 0.3) is 0 Å². The maximum Gasteiger partial charge on any atom is 0.326 e. The molecule has 1 aromatic heterocycles. The third-order valence-corrected chi connectivity index (χ3v) is 4.89. The molecule has 0 saturated heterocycles. The molecular formula is C19H26N4O4S. The molecule has 0 aliphatic carbocycles. The second-order valence-corrected chi connectivity index (χ2v) is 7.35. The molecule has 1 aromatic carbocycles. The van der Waals surface area contributed by atoms with Crippen LogP contribution in [0.2, 0.25) is 0 Å². The van der Waals surface area contributed by atoms with Crippen molar-refractivity contribution in [3.05, 3.63) is 36.0 Å². The number of carboxylic acid groups (broad SMARTS) is 1. The number of carboxylic acids is 1. The molecule has 6 N–H and O–H groups in total. The van der Waals surface area contributed by atoms with Crippen LogP contribution in [0.5, 0.6) is 0 Å². The van der Waals surface area contributed by atoms with Crippen LogP contribution in [0.3, 0.4) is 0 Å². The van der Waals surface area contributed by atoms with Gasteiger partial charge < -0.3 is 26.5 Å². The highest BCUT2D eigenvalue weighted by atomic mass is 32.1. The van der Waals surface area contributed by atoms with Crippen molar-refractivity contribution >= 4 is 41.3 Å². The standard InChI is InChI=1S/C19H26N4O4S/c1-10(2)16(23-17(24)13(20)9-28)18(25)22-15(19(26)27)7-11-8-21-14-6-4-3-5-12(11)14/h3-6,8,10,13,15-16,21,28H,7,9,20H2,1-2H3,(H,22,25)(H,23,24)(H,26,27)/t13-,15-,16-/m0/s1. The molecule has 28 heavy (non-hydrogen) atoms. The van der Waals surface area contributed by atoms with Gasteiger partial charge in [-0.25, -0.2) is 4.79 Å². The lowest BCUT2D eigenvalue weighted by Gasteiger charge is -2.25. The summed E-state index contributed by atoms with van der Waals surface area (Å²) in [6.07, 6.45) is 1.85. The molecule has 0 saturated carbocycles. The molecule has 1 heterocycles. The predicted octanol–water partition coefficient (Wildman–Crippen LogP) is 0.678. The van der Waals surface area contributed by atoms with E-state index in [9.17, 15) is 19.5 Å². The van der Waals surface area contributed by atoms with E-state index in [1.54, 1.807) is 20.0 Å². The minimum absolute atomic E-state index is 0.111. The normalized spacial score (nSPS) is 14.5. The number of H-pyrrole nitrogens is 1. The lowest BCUT2D eigenvalue weighted by atomic mass is 10.0. The Morgan fingerprint density at radius 1 is 1.18 bits per heavy atom. The highest BCUT2D eigenvalue weighted by Gasteiger charge is 2.30. The number of hydrogen-bond acceptors (Lipinski definition) is 5. The number of benzene rings is 1. The van der Waals surface area contributed by atoms with Gasteiger partial charge in [0, 0.05) is 29.3 Å². The predicted molar refractivity (Wildman–Crippen MR) is 110 cm³/mol. The molecule has 2 amide bonds. The molecule has 0 unspecified atom stereocenters. The zero-order chi connectivity index (χ0) is 20.8. The zero-order valence-corrected chi connectivity index (χ0v) is 16.7. The summed E-state index contributed by atoms with van der Waals surface area (Å²) >= 11 is 3.97. The van der Waals surface area contributed by atoms with E-state index in [0.29, 0.717) is 0 Å². The van der Waals surface area contributed by atoms with Crippen molar-refractivity contribution in [2.45, 2.75) is 38.4 Å². The van der Waals surface area contributed by atoms with Crippen molar-refractivity contribution in [3.8, 4) is 0 Å². The van der Waals surface area contributed by atoms with Crippen LogP contribution in [0, 0.1) is 5.92 Å². The first-order chi connectivity index (χ1) is 13.2. The number of nitrogens with one attached hydrogen (secondary N) is 3. The van der Waals surface area contributed by atoms with E-state index in [2.05, 4.69) is 28.2 Å². The summed E-state index contributed by atoms with van der Waals surface area (Å²) in [6.45, 7) is 3.51. The monoisotopic (exact) mass is 406 g/mol. The summed E-state index contributed by atoms with van der Waals surface area (Å²) < 4.78 is 0. The van der Waals surface area contributed by atoms with E-state index in [4.69, 9.17) is 5.73 Å². The molecule has 2 rings (SSSR count). The summed E-state index contributed by atoms with van der Waals surface area (Å²) in [4.78, 5) is 39.5. The number of para-hydroxylation sites is 1. The molecule has 0 aliphatic heterocycles. The van der Waals surface area contributed by atoms with Gasteiger partial charge in [-0.05, 0) is 17.5 Å². The van der Waals surface area contributed by atoms with Gasteiger partial charge in [0.15, 0.2) is 0 Å². The van der Waals surface area contributed by atoms with Crippen LogP contribution in [0.4, 0.5) is 0 Å². The number of nitrogens with two attached hydrogens (primary N) is 1. The van der Waals surface area contributed by atoms with Gasteiger partial charge >= 0.3 is 5.97 Å². The summed E-state index contributed by atoms with van der Waals surface area (Å²) in [5.41, 5.74) is 7.31. The van der Waals surface area contributed by atoms with Crippen molar-refractivity contribution < 1.29 is 19.5 Å². The number of hydrogen-bond donors (Lipinski definition) is 6. The van der Waals surface area contributed by atoms with E-state index in [1.807, 2.05) is 24.3 Å². The van der Waals surface area contributed by atoms with Gasteiger partial charge in [0.05, 0.1) is 6.04 Å². The molecule has 152 valence electrons. The zero-order valence-electron chi connectivity index (χ0n) is 15.8. The van der Waals surface area contributed by atoms with Crippen LogP contribution in [-0.4, -0.2) is 51.8 Å². The molecule has 0 radical (unpaired) electrons. The maximum atomic E-state index is 12.7. The summed E-state index contributed by atoms with van der Waals surface area (Å²) in [6, 6.07) is 4.64. The smallest absolute Gasteiger partial charge is 0.326 e. The van der Waals surface area contributed by atoms with E-state index in [0.717, 1.165) is 16.5 Å². The topological polar surface area (TPSA) is 137 Å². The lowest BCUT2D eigenvalue weighted by molar-refractivity contribution is -0.142. The van der Waals surface area contributed by atoms with Crippen molar-refractivity contribution in [2.75, 3.05) is 5.75 Å². The number of carbonyl (C=O) groups excluding carboxylic acids is 2. The minimum atomic E-state index is -1.15. The Morgan fingerprint density at radius 3 is 2.46 bits per heavy atom. The van der Waals surface area contributed by atoms with Gasteiger partial charge in [0.2, 0.25) is 11.8 Å². The van der Waals surface area contributed by atoms with Crippen LogP contribution in [0.25, 0.3) is 10.9 Å². The van der Waals surface area contributed by atoms with Crippen LogP contribution in [-0.2, 0) is 20.8 Å². The summed E-state index contributed by atoms with van der Waals surface area (Å²) in [5.74, 6) is -2.34. The Balaban J connectivity index is 2.14. The molecule has 8 nitrogen and oxygen atoms in total. The minimum Gasteiger partial charge on any atom is -0.480 e. The number of rotatable bonds is 9. The highest BCUT2D eigenvalue weighted by Crippen LogP contribution is 2.19. The number of aromatic nitrogens is 1. The van der Waals surface area contributed by atoms with Gasteiger partial charge in [0.1, 0.15) is 12.1 Å². The third kappa shape index (κ3) is 5.26. The fraction of sp³-hybridized carbons (Fsp3) is 0.421. The molecule has 2 aromatic rings.